The molecule has 1 aliphatic carbocycles. The summed E-state index contributed by atoms with van der Waals surface area (Å²) in [6, 6.07) is 1.47. The lowest BCUT2D eigenvalue weighted by Crippen LogP contribution is -2.55. The van der Waals surface area contributed by atoms with Crippen molar-refractivity contribution in [3.05, 3.63) is 0 Å². The molecular weight excluding hydrogens is 244 g/mol. The molecule has 1 N–H and O–H groups in total. The van der Waals surface area contributed by atoms with Gasteiger partial charge in [-0.3, -0.25) is 4.90 Å². The summed E-state index contributed by atoms with van der Waals surface area (Å²) in [5, 5.41) is 3.76. The molecule has 1 aliphatic heterocycles. The van der Waals surface area contributed by atoms with Crippen LogP contribution >= 0.6 is 0 Å². The van der Waals surface area contributed by atoms with Crippen molar-refractivity contribution in [2.24, 2.45) is 11.3 Å². The molecular formula is C18H36N2. The lowest BCUT2D eigenvalue weighted by atomic mass is 9.74. The van der Waals surface area contributed by atoms with Crippen molar-refractivity contribution in [3.63, 3.8) is 0 Å². The Bertz CT molecular complexity index is 283. The molecule has 2 rings (SSSR count). The van der Waals surface area contributed by atoms with Gasteiger partial charge in [0.1, 0.15) is 0 Å². The molecule has 1 saturated heterocycles. The fraction of sp³-hybridized carbons (Fsp3) is 1.00. The largest absolute Gasteiger partial charge is 0.314 e. The van der Waals surface area contributed by atoms with E-state index in [1.807, 2.05) is 0 Å². The van der Waals surface area contributed by atoms with Gasteiger partial charge in [0, 0.05) is 18.6 Å². The van der Waals surface area contributed by atoms with Crippen LogP contribution in [0, 0.1) is 11.3 Å². The van der Waals surface area contributed by atoms with Gasteiger partial charge < -0.3 is 5.32 Å². The van der Waals surface area contributed by atoms with Crippen LogP contribution in [0.25, 0.3) is 0 Å². The van der Waals surface area contributed by atoms with Crippen LogP contribution in [0.5, 0.6) is 0 Å². The first-order valence-electron chi connectivity index (χ1n) is 9.03. The second-order valence-electron chi connectivity index (χ2n) is 7.79. The molecule has 0 amide bonds. The van der Waals surface area contributed by atoms with Crippen molar-refractivity contribution in [2.75, 3.05) is 19.6 Å². The van der Waals surface area contributed by atoms with E-state index in [9.17, 15) is 0 Å². The molecule has 2 nitrogen and oxygen atoms in total. The van der Waals surface area contributed by atoms with Gasteiger partial charge in [-0.05, 0) is 57.0 Å². The third kappa shape index (κ3) is 3.98. The van der Waals surface area contributed by atoms with E-state index in [0.717, 1.165) is 18.0 Å². The molecule has 0 radical (unpaired) electrons. The van der Waals surface area contributed by atoms with E-state index in [1.165, 1.54) is 64.6 Å². The summed E-state index contributed by atoms with van der Waals surface area (Å²) < 4.78 is 0. The van der Waals surface area contributed by atoms with E-state index in [4.69, 9.17) is 0 Å². The molecule has 2 fully saturated rings. The Balaban J connectivity index is 1.87. The highest BCUT2D eigenvalue weighted by Crippen LogP contribution is 2.38. The van der Waals surface area contributed by atoms with Crippen LogP contribution in [0.1, 0.15) is 72.6 Å². The monoisotopic (exact) mass is 280 g/mol. The Hall–Kier alpha value is -0.0800. The number of likely N-dealkylation sites (tertiary alicyclic amines) is 1. The average molecular weight is 280 g/mol. The van der Waals surface area contributed by atoms with Crippen molar-refractivity contribution < 1.29 is 0 Å². The van der Waals surface area contributed by atoms with Crippen LogP contribution < -0.4 is 5.32 Å². The van der Waals surface area contributed by atoms with Gasteiger partial charge in [-0.2, -0.15) is 0 Å². The number of piperidine rings is 1. The second kappa shape index (κ2) is 7.26. The summed E-state index contributed by atoms with van der Waals surface area (Å²) in [4.78, 5) is 2.79. The lowest BCUT2D eigenvalue weighted by Gasteiger charge is -2.47. The summed E-state index contributed by atoms with van der Waals surface area (Å²) in [6.07, 6.45) is 9.85. The molecule has 3 atom stereocenters. The zero-order chi connectivity index (χ0) is 14.6. The van der Waals surface area contributed by atoms with E-state index in [0.29, 0.717) is 5.41 Å². The third-order valence-electron chi connectivity index (χ3n) is 6.00. The number of nitrogens with zero attached hydrogens (tertiary/aromatic N) is 1. The number of nitrogens with one attached hydrogen (secondary N) is 1. The highest BCUT2D eigenvalue weighted by molar-refractivity contribution is 4.92. The first kappa shape index (κ1) is 16.3. The fourth-order valence-electron chi connectivity index (χ4n) is 4.33. The predicted molar refractivity (Wildman–Crippen MR) is 88.1 cm³/mol. The van der Waals surface area contributed by atoms with Gasteiger partial charge in [0.25, 0.3) is 0 Å². The van der Waals surface area contributed by atoms with E-state index >= 15 is 0 Å². The van der Waals surface area contributed by atoms with Gasteiger partial charge in [-0.25, -0.2) is 0 Å². The van der Waals surface area contributed by atoms with Gasteiger partial charge in [-0.1, -0.05) is 40.0 Å². The SMILES string of the molecule is CCCNC1CCN(CC2(C)CCCCC2)C(C)C1C. The third-order valence-corrected chi connectivity index (χ3v) is 6.00. The number of rotatable bonds is 5. The second-order valence-corrected chi connectivity index (χ2v) is 7.79. The van der Waals surface area contributed by atoms with Crippen LogP contribution in [-0.2, 0) is 0 Å². The molecule has 20 heavy (non-hydrogen) atoms. The number of hydrogen-bond acceptors (Lipinski definition) is 2. The van der Waals surface area contributed by atoms with Crippen molar-refractivity contribution in [3.8, 4) is 0 Å². The van der Waals surface area contributed by atoms with Crippen LogP contribution in [0.2, 0.25) is 0 Å². The topological polar surface area (TPSA) is 15.3 Å². The minimum atomic E-state index is 0.593. The van der Waals surface area contributed by atoms with Crippen molar-refractivity contribution in [1.29, 1.82) is 0 Å². The Labute approximate surface area is 126 Å². The first-order chi connectivity index (χ1) is 9.56. The maximum Gasteiger partial charge on any atom is 0.0120 e. The van der Waals surface area contributed by atoms with E-state index in [1.54, 1.807) is 0 Å². The molecule has 0 aromatic heterocycles. The molecule has 0 aromatic rings. The summed E-state index contributed by atoms with van der Waals surface area (Å²) in [5.74, 6) is 0.780. The Morgan fingerprint density at radius 3 is 2.50 bits per heavy atom. The highest BCUT2D eigenvalue weighted by atomic mass is 15.2. The molecule has 2 aliphatic rings. The maximum absolute atomic E-state index is 3.76. The molecule has 1 heterocycles. The van der Waals surface area contributed by atoms with Crippen molar-refractivity contribution >= 4 is 0 Å². The van der Waals surface area contributed by atoms with Gasteiger partial charge >= 0.3 is 0 Å². The highest BCUT2D eigenvalue weighted by Gasteiger charge is 2.36. The van der Waals surface area contributed by atoms with Crippen LogP contribution in [-0.4, -0.2) is 36.6 Å². The molecule has 0 aromatic carbocycles. The standard InChI is InChI=1S/C18H36N2/c1-5-12-19-17-9-13-20(16(3)15(17)2)14-18(4)10-7-6-8-11-18/h15-17,19H,5-14H2,1-4H3. The molecule has 0 spiro atoms. The van der Waals surface area contributed by atoms with Crippen LogP contribution in [0.4, 0.5) is 0 Å². The Morgan fingerprint density at radius 2 is 1.85 bits per heavy atom. The molecule has 1 saturated carbocycles. The minimum Gasteiger partial charge on any atom is -0.314 e. The maximum atomic E-state index is 3.76. The van der Waals surface area contributed by atoms with E-state index in [2.05, 4.69) is 37.9 Å². The summed E-state index contributed by atoms with van der Waals surface area (Å²) in [7, 11) is 0. The number of hydrogen-bond donors (Lipinski definition) is 1. The summed E-state index contributed by atoms with van der Waals surface area (Å²) in [6.45, 7) is 13.5. The molecule has 3 unspecified atom stereocenters. The zero-order valence-corrected chi connectivity index (χ0v) is 14.3. The molecule has 2 heteroatoms. The van der Waals surface area contributed by atoms with Crippen LogP contribution in [0.15, 0.2) is 0 Å². The predicted octanol–water partition coefficient (Wildman–Crippen LogP) is 4.06. The molecule has 118 valence electrons. The van der Waals surface area contributed by atoms with Crippen molar-refractivity contribution in [1.82, 2.24) is 10.2 Å². The van der Waals surface area contributed by atoms with Gasteiger partial charge in [0.05, 0.1) is 0 Å². The van der Waals surface area contributed by atoms with E-state index in [-0.39, 0.29) is 0 Å². The zero-order valence-electron chi connectivity index (χ0n) is 14.3. The lowest BCUT2D eigenvalue weighted by molar-refractivity contribution is 0.0336. The van der Waals surface area contributed by atoms with Gasteiger partial charge in [0.15, 0.2) is 0 Å². The smallest absolute Gasteiger partial charge is 0.0120 e. The van der Waals surface area contributed by atoms with Gasteiger partial charge in [-0.15, -0.1) is 0 Å². The fourth-order valence-corrected chi connectivity index (χ4v) is 4.33. The summed E-state index contributed by atoms with van der Waals surface area (Å²) >= 11 is 0. The average Bonchev–Trinajstić information content (AvgIpc) is 2.44. The minimum absolute atomic E-state index is 0.593. The summed E-state index contributed by atoms with van der Waals surface area (Å²) in [5.41, 5.74) is 0.593. The normalized spacial score (nSPS) is 35.1. The van der Waals surface area contributed by atoms with Gasteiger partial charge in [0.2, 0.25) is 0 Å². The quantitative estimate of drug-likeness (QED) is 0.817. The Morgan fingerprint density at radius 1 is 1.15 bits per heavy atom. The van der Waals surface area contributed by atoms with Crippen molar-refractivity contribution in [2.45, 2.75) is 84.7 Å². The Kier molecular flexibility index (Phi) is 5.92. The van der Waals surface area contributed by atoms with E-state index < -0.39 is 0 Å². The first-order valence-corrected chi connectivity index (χ1v) is 9.03. The van der Waals surface area contributed by atoms with Crippen LogP contribution in [0.3, 0.4) is 0 Å². The molecule has 0 bridgehead atoms.